The van der Waals surface area contributed by atoms with Crippen molar-refractivity contribution in [3.05, 3.63) is 30.2 Å². The summed E-state index contributed by atoms with van der Waals surface area (Å²) in [7, 11) is 3.24. The Bertz CT molecular complexity index is 625. The van der Waals surface area contributed by atoms with Crippen molar-refractivity contribution in [3.8, 4) is 22.8 Å². The number of methoxy groups -OCH3 is 2. The Morgan fingerprint density at radius 2 is 2.00 bits per heavy atom. The Kier molecular flexibility index (Phi) is 4.31. The molecule has 3 rings (SSSR count). The first-order chi connectivity index (χ1) is 10.8. The van der Waals surface area contributed by atoms with E-state index in [2.05, 4.69) is 4.98 Å². The molecular formula is C16H20N2O4. The summed E-state index contributed by atoms with van der Waals surface area (Å²) >= 11 is 0. The van der Waals surface area contributed by atoms with Crippen molar-refractivity contribution in [2.45, 2.75) is 25.7 Å². The molecule has 6 heteroatoms. The molecular weight excluding hydrogens is 284 g/mol. The molecule has 1 N–H and O–H groups in total. The van der Waals surface area contributed by atoms with E-state index in [0.717, 1.165) is 30.7 Å². The quantitative estimate of drug-likeness (QED) is 0.918. The van der Waals surface area contributed by atoms with E-state index in [1.165, 1.54) is 0 Å². The smallest absolute Gasteiger partial charge is 0.137 e. The molecule has 1 aromatic heterocycles. The first kappa shape index (κ1) is 14.9. The van der Waals surface area contributed by atoms with E-state index in [1.807, 2.05) is 22.8 Å². The number of ether oxygens (including phenoxy) is 3. The molecule has 1 atom stereocenters. The summed E-state index contributed by atoms with van der Waals surface area (Å²) < 4.78 is 18.4. The fourth-order valence-corrected chi connectivity index (χ4v) is 2.77. The van der Waals surface area contributed by atoms with E-state index < -0.39 is 0 Å². The highest BCUT2D eigenvalue weighted by Crippen LogP contribution is 2.34. The number of benzene rings is 1. The second kappa shape index (κ2) is 6.37. The van der Waals surface area contributed by atoms with Crippen molar-refractivity contribution in [2.75, 3.05) is 20.8 Å². The predicted molar refractivity (Wildman–Crippen MR) is 80.9 cm³/mol. The monoisotopic (exact) mass is 304 g/mol. The highest BCUT2D eigenvalue weighted by atomic mass is 16.5. The van der Waals surface area contributed by atoms with Gasteiger partial charge in [0.2, 0.25) is 0 Å². The van der Waals surface area contributed by atoms with Gasteiger partial charge in [0.05, 0.1) is 26.1 Å². The fraction of sp³-hybridized carbons (Fsp3) is 0.438. The molecule has 1 unspecified atom stereocenters. The maximum absolute atomic E-state index is 9.55. The van der Waals surface area contributed by atoms with Crippen molar-refractivity contribution in [1.29, 1.82) is 0 Å². The van der Waals surface area contributed by atoms with E-state index >= 15 is 0 Å². The highest BCUT2D eigenvalue weighted by molar-refractivity contribution is 5.64. The molecule has 0 amide bonds. The van der Waals surface area contributed by atoms with Gasteiger partial charge in [-0.1, -0.05) is 0 Å². The lowest BCUT2D eigenvalue weighted by molar-refractivity contribution is 0.0523. The van der Waals surface area contributed by atoms with Gasteiger partial charge in [0.25, 0.3) is 0 Å². The molecule has 0 radical (unpaired) electrons. The Balaban J connectivity index is 2.09. The van der Waals surface area contributed by atoms with Gasteiger partial charge in [0, 0.05) is 18.2 Å². The Labute approximate surface area is 129 Å². The fourth-order valence-electron chi connectivity index (χ4n) is 2.77. The molecule has 2 aromatic rings. The van der Waals surface area contributed by atoms with Gasteiger partial charge in [-0.25, -0.2) is 4.98 Å². The van der Waals surface area contributed by atoms with Crippen molar-refractivity contribution in [3.63, 3.8) is 0 Å². The lowest BCUT2D eigenvalue weighted by atomic mass is 10.1. The summed E-state index contributed by atoms with van der Waals surface area (Å²) in [4.78, 5) is 4.32. The van der Waals surface area contributed by atoms with Crippen LogP contribution in [-0.4, -0.2) is 35.5 Å². The molecule has 6 nitrogen and oxygen atoms in total. The molecule has 1 aliphatic heterocycles. The topological polar surface area (TPSA) is 65.7 Å². The molecule has 1 saturated heterocycles. The Morgan fingerprint density at radius 1 is 1.27 bits per heavy atom. The zero-order valence-corrected chi connectivity index (χ0v) is 12.8. The molecule has 0 saturated carbocycles. The number of rotatable bonds is 5. The van der Waals surface area contributed by atoms with Crippen molar-refractivity contribution < 1.29 is 19.3 Å². The maximum Gasteiger partial charge on any atom is 0.137 e. The lowest BCUT2D eigenvalue weighted by Crippen LogP contribution is -2.12. The van der Waals surface area contributed by atoms with Crippen molar-refractivity contribution >= 4 is 0 Å². The van der Waals surface area contributed by atoms with Crippen LogP contribution in [0.3, 0.4) is 0 Å². The van der Waals surface area contributed by atoms with Crippen LogP contribution in [0.25, 0.3) is 11.3 Å². The summed E-state index contributed by atoms with van der Waals surface area (Å²) in [5, 5.41) is 9.55. The van der Waals surface area contributed by atoms with Crippen LogP contribution in [0.4, 0.5) is 0 Å². The number of imidazole rings is 1. The number of hydrogen-bond acceptors (Lipinski definition) is 5. The van der Waals surface area contributed by atoms with Crippen molar-refractivity contribution in [2.24, 2.45) is 0 Å². The molecule has 0 bridgehead atoms. The Hall–Kier alpha value is -2.05. The minimum Gasteiger partial charge on any atom is -0.497 e. The van der Waals surface area contributed by atoms with E-state index in [9.17, 15) is 5.11 Å². The van der Waals surface area contributed by atoms with Crippen LogP contribution in [0.1, 0.15) is 24.9 Å². The molecule has 1 fully saturated rings. The van der Waals surface area contributed by atoms with Crippen LogP contribution < -0.4 is 9.47 Å². The van der Waals surface area contributed by atoms with Gasteiger partial charge in [-0.15, -0.1) is 0 Å². The van der Waals surface area contributed by atoms with Crippen LogP contribution in [0.15, 0.2) is 24.4 Å². The normalized spacial score (nSPS) is 17.7. The minimum absolute atomic E-state index is 0.0863. The zero-order valence-electron chi connectivity index (χ0n) is 12.8. The Morgan fingerprint density at radius 3 is 2.55 bits per heavy atom. The highest BCUT2D eigenvalue weighted by Gasteiger charge is 2.24. The third kappa shape index (κ3) is 2.67. The van der Waals surface area contributed by atoms with Gasteiger partial charge in [0.1, 0.15) is 30.2 Å². The average molecular weight is 304 g/mol. The standard InChI is InChI=1S/C16H20N2O4/c1-20-12-6-11(7-13(8-12)21-2)14-9-17-15(10-19)18(14)16-4-3-5-22-16/h6-9,16,19H,3-5,10H2,1-2H3. The van der Waals surface area contributed by atoms with Gasteiger partial charge >= 0.3 is 0 Å². The molecule has 118 valence electrons. The lowest BCUT2D eigenvalue weighted by Gasteiger charge is -2.18. The van der Waals surface area contributed by atoms with E-state index in [1.54, 1.807) is 20.4 Å². The zero-order chi connectivity index (χ0) is 15.5. The van der Waals surface area contributed by atoms with Gasteiger partial charge in [-0.05, 0) is 25.0 Å². The second-order valence-corrected chi connectivity index (χ2v) is 5.16. The van der Waals surface area contributed by atoms with Crippen LogP contribution in [-0.2, 0) is 11.3 Å². The SMILES string of the molecule is COc1cc(OC)cc(-c2cnc(CO)n2C2CCCO2)c1. The van der Waals surface area contributed by atoms with Crippen LogP contribution >= 0.6 is 0 Å². The summed E-state index contributed by atoms with van der Waals surface area (Å²) in [6.07, 6.45) is 3.59. The third-order valence-electron chi connectivity index (χ3n) is 3.86. The summed E-state index contributed by atoms with van der Waals surface area (Å²) in [6, 6.07) is 5.67. The van der Waals surface area contributed by atoms with Crippen molar-refractivity contribution in [1.82, 2.24) is 9.55 Å². The molecule has 1 aliphatic rings. The first-order valence-electron chi connectivity index (χ1n) is 7.29. The molecule has 1 aromatic carbocycles. The molecule has 22 heavy (non-hydrogen) atoms. The van der Waals surface area contributed by atoms with E-state index in [-0.39, 0.29) is 12.8 Å². The van der Waals surface area contributed by atoms with Gasteiger partial charge in [-0.3, -0.25) is 4.57 Å². The minimum atomic E-state index is -0.124. The largest absolute Gasteiger partial charge is 0.497 e. The molecule has 0 spiro atoms. The average Bonchev–Trinajstić information content (AvgIpc) is 3.22. The van der Waals surface area contributed by atoms with Gasteiger partial charge < -0.3 is 19.3 Å². The van der Waals surface area contributed by atoms with E-state index in [0.29, 0.717) is 17.3 Å². The third-order valence-corrected chi connectivity index (χ3v) is 3.86. The number of aliphatic hydroxyl groups excluding tert-OH is 1. The second-order valence-electron chi connectivity index (χ2n) is 5.16. The summed E-state index contributed by atoms with van der Waals surface area (Å²) in [5.74, 6) is 2.02. The molecule has 0 aliphatic carbocycles. The van der Waals surface area contributed by atoms with Gasteiger partial charge in [0.15, 0.2) is 0 Å². The summed E-state index contributed by atoms with van der Waals surface area (Å²) in [6.45, 7) is 0.607. The number of aliphatic hydroxyl groups is 1. The summed E-state index contributed by atoms with van der Waals surface area (Å²) in [5.41, 5.74) is 1.80. The van der Waals surface area contributed by atoms with Crippen LogP contribution in [0.5, 0.6) is 11.5 Å². The van der Waals surface area contributed by atoms with Crippen LogP contribution in [0, 0.1) is 0 Å². The van der Waals surface area contributed by atoms with Crippen LogP contribution in [0.2, 0.25) is 0 Å². The number of hydrogen-bond donors (Lipinski definition) is 1. The predicted octanol–water partition coefficient (Wildman–Crippen LogP) is 2.37. The molecule has 2 heterocycles. The maximum atomic E-state index is 9.55. The first-order valence-corrected chi connectivity index (χ1v) is 7.29. The number of aromatic nitrogens is 2. The van der Waals surface area contributed by atoms with Gasteiger partial charge in [-0.2, -0.15) is 0 Å². The number of nitrogens with zero attached hydrogens (tertiary/aromatic N) is 2. The van der Waals surface area contributed by atoms with E-state index in [4.69, 9.17) is 14.2 Å².